The number of benzene rings is 1. The molecule has 0 bridgehead atoms. The van der Waals surface area contributed by atoms with E-state index in [1.807, 2.05) is 36.5 Å². The molecular weight excluding hydrogens is 262 g/mol. The molecule has 1 aromatic heterocycles. The summed E-state index contributed by atoms with van der Waals surface area (Å²) < 4.78 is 0. The van der Waals surface area contributed by atoms with Crippen LogP contribution >= 0.6 is 0 Å². The fourth-order valence-electron chi connectivity index (χ4n) is 2.98. The SMILES string of the molecule is CN(Cc1cnn(-c2ccccc2)n1)C1CCC(N)CC1. The van der Waals surface area contributed by atoms with E-state index in [9.17, 15) is 0 Å². The summed E-state index contributed by atoms with van der Waals surface area (Å²) in [4.78, 5) is 4.07. The summed E-state index contributed by atoms with van der Waals surface area (Å²) in [6, 6.07) is 11.0. The number of rotatable bonds is 4. The van der Waals surface area contributed by atoms with Crippen molar-refractivity contribution < 1.29 is 0 Å². The fourth-order valence-corrected chi connectivity index (χ4v) is 2.98. The van der Waals surface area contributed by atoms with Gasteiger partial charge in [0.15, 0.2) is 0 Å². The van der Waals surface area contributed by atoms with Gasteiger partial charge in [-0.2, -0.15) is 15.0 Å². The maximum atomic E-state index is 5.97. The van der Waals surface area contributed by atoms with Crippen LogP contribution in [0.3, 0.4) is 0 Å². The summed E-state index contributed by atoms with van der Waals surface area (Å²) in [5.74, 6) is 0. The first-order valence-corrected chi connectivity index (χ1v) is 7.65. The smallest absolute Gasteiger partial charge is 0.0971 e. The summed E-state index contributed by atoms with van der Waals surface area (Å²) in [5, 5.41) is 8.93. The fraction of sp³-hybridized carbons (Fsp3) is 0.500. The van der Waals surface area contributed by atoms with E-state index in [0.717, 1.165) is 30.8 Å². The van der Waals surface area contributed by atoms with Gasteiger partial charge < -0.3 is 5.73 Å². The number of hydrogen-bond donors (Lipinski definition) is 1. The van der Waals surface area contributed by atoms with Gasteiger partial charge in [-0.15, -0.1) is 0 Å². The molecule has 1 saturated carbocycles. The Balaban J connectivity index is 1.62. The number of para-hydroxylation sites is 1. The third-order valence-electron chi connectivity index (χ3n) is 4.30. The van der Waals surface area contributed by atoms with Gasteiger partial charge in [0.05, 0.1) is 17.6 Å². The topological polar surface area (TPSA) is 60.0 Å². The maximum absolute atomic E-state index is 5.97. The van der Waals surface area contributed by atoms with Gasteiger partial charge in [0.25, 0.3) is 0 Å². The second-order valence-corrected chi connectivity index (χ2v) is 5.94. The van der Waals surface area contributed by atoms with E-state index in [1.54, 1.807) is 4.80 Å². The van der Waals surface area contributed by atoms with Crippen molar-refractivity contribution in [2.24, 2.45) is 5.73 Å². The van der Waals surface area contributed by atoms with Crippen LogP contribution in [0.1, 0.15) is 31.4 Å². The molecule has 5 heteroatoms. The third kappa shape index (κ3) is 3.49. The maximum Gasteiger partial charge on any atom is 0.0971 e. The van der Waals surface area contributed by atoms with E-state index >= 15 is 0 Å². The molecular formula is C16H23N5. The minimum atomic E-state index is 0.397. The molecule has 5 nitrogen and oxygen atoms in total. The van der Waals surface area contributed by atoms with Gasteiger partial charge in [-0.25, -0.2) is 0 Å². The van der Waals surface area contributed by atoms with Crippen LogP contribution in [0.2, 0.25) is 0 Å². The molecule has 0 unspecified atom stereocenters. The predicted molar refractivity (Wildman–Crippen MR) is 83.1 cm³/mol. The highest BCUT2D eigenvalue weighted by molar-refractivity contribution is 5.28. The van der Waals surface area contributed by atoms with Crippen molar-refractivity contribution in [1.29, 1.82) is 0 Å². The molecule has 1 fully saturated rings. The normalized spacial score (nSPS) is 22.6. The summed E-state index contributed by atoms with van der Waals surface area (Å²) >= 11 is 0. The molecule has 1 aliphatic rings. The lowest BCUT2D eigenvalue weighted by molar-refractivity contribution is 0.174. The van der Waals surface area contributed by atoms with Crippen LogP contribution in [0.4, 0.5) is 0 Å². The highest BCUT2D eigenvalue weighted by Crippen LogP contribution is 2.22. The van der Waals surface area contributed by atoms with Gasteiger partial charge in [-0.3, -0.25) is 4.90 Å². The Morgan fingerprint density at radius 2 is 1.90 bits per heavy atom. The summed E-state index contributed by atoms with van der Waals surface area (Å²) in [6.07, 6.45) is 6.49. The Labute approximate surface area is 125 Å². The molecule has 0 radical (unpaired) electrons. The van der Waals surface area contributed by atoms with E-state index in [2.05, 4.69) is 22.1 Å². The molecule has 0 saturated heterocycles. The molecule has 1 aliphatic carbocycles. The summed E-state index contributed by atoms with van der Waals surface area (Å²) in [6.45, 7) is 0.840. The van der Waals surface area contributed by atoms with E-state index in [0.29, 0.717) is 12.1 Å². The molecule has 0 atom stereocenters. The largest absolute Gasteiger partial charge is 0.328 e. The van der Waals surface area contributed by atoms with E-state index < -0.39 is 0 Å². The van der Waals surface area contributed by atoms with Crippen LogP contribution < -0.4 is 5.73 Å². The zero-order chi connectivity index (χ0) is 14.7. The van der Waals surface area contributed by atoms with Crippen molar-refractivity contribution in [2.45, 2.75) is 44.3 Å². The molecule has 112 valence electrons. The van der Waals surface area contributed by atoms with Crippen LogP contribution in [0.15, 0.2) is 36.5 Å². The predicted octanol–water partition coefficient (Wildman–Crippen LogP) is 1.97. The van der Waals surface area contributed by atoms with E-state index in [1.165, 1.54) is 12.8 Å². The lowest BCUT2D eigenvalue weighted by Gasteiger charge is -2.32. The number of nitrogens with two attached hydrogens (primary N) is 1. The average Bonchev–Trinajstić information content (AvgIpc) is 2.97. The van der Waals surface area contributed by atoms with Gasteiger partial charge in [-0.1, -0.05) is 18.2 Å². The van der Waals surface area contributed by atoms with Crippen molar-refractivity contribution in [3.05, 3.63) is 42.2 Å². The monoisotopic (exact) mass is 285 g/mol. The van der Waals surface area contributed by atoms with Crippen molar-refractivity contribution in [1.82, 2.24) is 19.9 Å². The summed E-state index contributed by atoms with van der Waals surface area (Å²) in [5.41, 5.74) is 7.98. The lowest BCUT2D eigenvalue weighted by atomic mass is 9.91. The first-order chi connectivity index (χ1) is 10.2. The molecule has 0 amide bonds. The Kier molecular flexibility index (Phi) is 4.31. The van der Waals surface area contributed by atoms with Gasteiger partial charge in [0, 0.05) is 18.6 Å². The first kappa shape index (κ1) is 14.2. The highest BCUT2D eigenvalue weighted by Gasteiger charge is 2.22. The third-order valence-corrected chi connectivity index (χ3v) is 4.30. The van der Waals surface area contributed by atoms with Crippen molar-refractivity contribution in [3.8, 4) is 5.69 Å². The minimum absolute atomic E-state index is 0.397. The standard InChI is InChI=1S/C16H23N5/c1-20(15-9-7-13(17)8-10-15)12-14-11-18-21(19-14)16-5-3-2-4-6-16/h2-6,11,13,15H,7-10,12,17H2,1H3. The number of hydrogen-bond acceptors (Lipinski definition) is 4. The van der Waals surface area contributed by atoms with Crippen molar-refractivity contribution in [2.75, 3.05) is 7.05 Å². The lowest BCUT2D eigenvalue weighted by Crippen LogP contribution is -2.38. The van der Waals surface area contributed by atoms with E-state index in [-0.39, 0.29) is 0 Å². The molecule has 3 rings (SSSR count). The Bertz CT molecular complexity index is 557. The molecule has 1 aromatic carbocycles. The van der Waals surface area contributed by atoms with Crippen LogP contribution in [-0.4, -0.2) is 39.0 Å². The zero-order valence-electron chi connectivity index (χ0n) is 12.5. The van der Waals surface area contributed by atoms with Crippen LogP contribution in [-0.2, 0) is 6.54 Å². The second kappa shape index (κ2) is 6.37. The van der Waals surface area contributed by atoms with Crippen LogP contribution in [0, 0.1) is 0 Å². The molecule has 2 aromatic rings. The second-order valence-electron chi connectivity index (χ2n) is 5.94. The quantitative estimate of drug-likeness (QED) is 0.933. The van der Waals surface area contributed by atoms with Crippen molar-refractivity contribution in [3.63, 3.8) is 0 Å². The molecule has 1 heterocycles. The van der Waals surface area contributed by atoms with E-state index in [4.69, 9.17) is 5.73 Å². The number of aromatic nitrogens is 3. The van der Waals surface area contributed by atoms with Gasteiger partial charge in [0.1, 0.15) is 0 Å². The van der Waals surface area contributed by atoms with Crippen LogP contribution in [0.5, 0.6) is 0 Å². The van der Waals surface area contributed by atoms with Crippen molar-refractivity contribution >= 4 is 0 Å². The van der Waals surface area contributed by atoms with Gasteiger partial charge >= 0.3 is 0 Å². The summed E-state index contributed by atoms with van der Waals surface area (Å²) in [7, 11) is 2.17. The molecule has 2 N–H and O–H groups in total. The van der Waals surface area contributed by atoms with Crippen LogP contribution in [0.25, 0.3) is 5.69 Å². The average molecular weight is 285 g/mol. The van der Waals surface area contributed by atoms with Gasteiger partial charge in [-0.05, 0) is 44.9 Å². The minimum Gasteiger partial charge on any atom is -0.328 e. The Morgan fingerprint density at radius 1 is 1.19 bits per heavy atom. The number of nitrogens with zero attached hydrogens (tertiary/aromatic N) is 4. The Morgan fingerprint density at radius 3 is 2.62 bits per heavy atom. The molecule has 21 heavy (non-hydrogen) atoms. The van der Waals surface area contributed by atoms with Gasteiger partial charge in [0.2, 0.25) is 0 Å². The highest BCUT2D eigenvalue weighted by atomic mass is 15.5. The Hall–Kier alpha value is -1.72. The molecule has 0 spiro atoms. The molecule has 0 aliphatic heterocycles. The first-order valence-electron chi connectivity index (χ1n) is 7.65. The zero-order valence-corrected chi connectivity index (χ0v) is 12.5.